The average Bonchev–Trinajstić information content (AvgIpc) is 2.55. The first-order valence-electron chi connectivity index (χ1n) is 7.18. The summed E-state index contributed by atoms with van der Waals surface area (Å²) in [5, 5.41) is 4.22. The van der Waals surface area contributed by atoms with Gasteiger partial charge in [-0.3, -0.25) is 5.43 Å². The Morgan fingerprint density at radius 1 is 1.09 bits per heavy atom. The largest absolute Gasteiger partial charge is 0.490 e. The Morgan fingerprint density at radius 3 is 2.64 bits per heavy atom. The molecule has 0 aromatic heterocycles. The van der Waals surface area contributed by atoms with Crippen molar-refractivity contribution in [2.45, 2.75) is 6.92 Å². The lowest BCUT2D eigenvalue weighted by Crippen LogP contribution is -2.00. The summed E-state index contributed by atoms with van der Waals surface area (Å²) < 4.78 is 11.2. The second kappa shape index (κ2) is 8.52. The summed E-state index contributed by atoms with van der Waals surface area (Å²) in [5.74, 6) is 1.41. The van der Waals surface area contributed by atoms with Crippen LogP contribution in [0.5, 0.6) is 11.5 Å². The van der Waals surface area contributed by atoms with Crippen LogP contribution in [0.1, 0.15) is 12.5 Å². The van der Waals surface area contributed by atoms with Gasteiger partial charge in [-0.15, -0.1) is 0 Å². The van der Waals surface area contributed by atoms with Crippen molar-refractivity contribution < 1.29 is 9.47 Å². The van der Waals surface area contributed by atoms with E-state index in [0.29, 0.717) is 24.7 Å². The third-order valence-electron chi connectivity index (χ3n) is 2.81. The molecule has 0 spiro atoms. The van der Waals surface area contributed by atoms with Gasteiger partial charge < -0.3 is 9.47 Å². The van der Waals surface area contributed by atoms with E-state index in [1.54, 1.807) is 12.3 Å². The molecule has 0 fully saturated rings. The van der Waals surface area contributed by atoms with Gasteiger partial charge in [0.15, 0.2) is 11.5 Å². The molecule has 0 amide bonds. The predicted octanol–water partition coefficient (Wildman–Crippen LogP) is 4.10. The lowest BCUT2D eigenvalue weighted by atomic mass is 10.2. The molecule has 0 saturated heterocycles. The maximum atomic E-state index is 5.60. The summed E-state index contributed by atoms with van der Waals surface area (Å²) in [7, 11) is 0. The quantitative estimate of drug-likeness (QED) is 0.453. The first-order chi connectivity index (χ1) is 10.8. The van der Waals surface area contributed by atoms with Crippen LogP contribution in [-0.4, -0.2) is 19.4 Å². The molecule has 0 atom stereocenters. The Morgan fingerprint density at radius 2 is 1.91 bits per heavy atom. The highest BCUT2D eigenvalue weighted by Gasteiger charge is 2.05. The molecule has 22 heavy (non-hydrogen) atoms. The fourth-order valence-electron chi connectivity index (χ4n) is 1.84. The average molecular weight is 296 g/mol. The summed E-state index contributed by atoms with van der Waals surface area (Å²) in [5.41, 5.74) is 4.85. The Bertz CT molecular complexity index is 624. The summed E-state index contributed by atoms with van der Waals surface area (Å²) in [6.45, 7) is 6.61. The molecule has 0 aliphatic carbocycles. The Balaban J connectivity index is 2.07. The van der Waals surface area contributed by atoms with Crippen LogP contribution >= 0.6 is 0 Å². The summed E-state index contributed by atoms with van der Waals surface area (Å²) in [6, 6.07) is 15.5. The molecule has 0 bridgehead atoms. The monoisotopic (exact) mass is 296 g/mol. The first kappa shape index (κ1) is 15.6. The van der Waals surface area contributed by atoms with E-state index in [0.717, 1.165) is 11.3 Å². The molecule has 0 heterocycles. The topological polar surface area (TPSA) is 42.8 Å². The molecule has 2 aromatic carbocycles. The minimum Gasteiger partial charge on any atom is -0.490 e. The van der Waals surface area contributed by atoms with Gasteiger partial charge in [-0.25, -0.2) is 0 Å². The lowest BCUT2D eigenvalue weighted by Gasteiger charge is -2.11. The lowest BCUT2D eigenvalue weighted by molar-refractivity contribution is 0.297. The highest BCUT2D eigenvalue weighted by molar-refractivity contribution is 5.81. The van der Waals surface area contributed by atoms with Crippen molar-refractivity contribution >= 4 is 11.9 Å². The van der Waals surface area contributed by atoms with Crippen LogP contribution in [0.4, 0.5) is 5.69 Å². The maximum Gasteiger partial charge on any atom is 0.161 e. The van der Waals surface area contributed by atoms with Gasteiger partial charge in [0, 0.05) is 0 Å². The van der Waals surface area contributed by atoms with E-state index >= 15 is 0 Å². The van der Waals surface area contributed by atoms with E-state index in [-0.39, 0.29) is 0 Å². The molecule has 0 saturated carbocycles. The number of rotatable bonds is 8. The van der Waals surface area contributed by atoms with Crippen molar-refractivity contribution in [3.05, 3.63) is 66.7 Å². The number of anilines is 1. The van der Waals surface area contributed by atoms with Crippen molar-refractivity contribution in [2.75, 3.05) is 18.6 Å². The second-order valence-corrected chi connectivity index (χ2v) is 4.47. The van der Waals surface area contributed by atoms with Crippen LogP contribution in [0.25, 0.3) is 0 Å². The number of hydrazone groups is 1. The van der Waals surface area contributed by atoms with Crippen LogP contribution in [0.3, 0.4) is 0 Å². The molecular weight excluding hydrogens is 276 g/mol. The van der Waals surface area contributed by atoms with Gasteiger partial charge in [0.2, 0.25) is 0 Å². The molecule has 114 valence electrons. The third-order valence-corrected chi connectivity index (χ3v) is 2.81. The van der Waals surface area contributed by atoms with Crippen molar-refractivity contribution in [1.29, 1.82) is 0 Å². The number of nitrogens with one attached hydrogen (secondary N) is 1. The van der Waals surface area contributed by atoms with Gasteiger partial charge in [0.05, 0.1) is 18.5 Å². The minimum absolute atomic E-state index is 0.447. The molecule has 4 heteroatoms. The number of hydrogen-bond donors (Lipinski definition) is 1. The van der Waals surface area contributed by atoms with E-state index in [9.17, 15) is 0 Å². The van der Waals surface area contributed by atoms with Crippen LogP contribution in [0.15, 0.2) is 66.3 Å². The highest BCUT2D eigenvalue weighted by atomic mass is 16.5. The fourth-order valence-corrected chi connectivity index (χ4v) is 1.84. The first-order valence-corrected chi connectivity index (χ1v) is 7.18. The van der Waals surface area contributed by atoms with Crippen LogP contribution in [0, 0.1) is 0 Å². The molecule has 0 aliphatic rings. The summed E-state index contributed by atoms with van der Waals surface area (Å²) >= 11 is 0. The predicted molar refractivity (Wildman–Crippen MR) is 91.0 cm³/mol. The standard InChI is InChI=1S/C18H20N2O2/c1-3-12-22-17-11-10-15(13-18(17)21-4-2)14-19-20-16-8-6-5-7-9-16/h3,5-11,13-14,20H,1,4,12H2,2H3. The second-order valence-electron chi connectivity index (χ2n) is 4.47. The Hall–Kier alpha value is -2.75. The maximum absolute atomic E-state index is 5.60. The number of ether oxygens (including phenoxy) is 2. The Labute approximate surface area is 131 Å². The number of hydrogen-bond acceptors (Lipinski definition) is 4. The van der Waals surface area contributed by atoms with Crippen LogP contribution in [-0.2, 0) is 0 Å². The molecule has 2 aromatic rings. The van der Waals surface area contributed by atoms with Gasteiger partial charge in [-0.2, -0.15) is 5.10 Å². The van der Waals surface area contributed by atoms with Gasteiger partial charge in [-0.05, 0) is 42.8 Å². The van der Waals surface area contributed by atoms with E-state index in [4.69, 9.17) is 9.47 Å². The number of nitrogens with zero attached hydrogens (tertiary/aromatic N) is 1. The van der Waals surface area contributed by atoms with Gasteiger partial charge in [0.25, 0.3) is 0 Å². The SMILES string of the molecule is C=CCOc1ccc(C=NNc2ccccc2)cc1OCC. The van der Waals surface area contributed by atoms with Gasteiger partial charge >= 0.3 is 0 Å². The van der Waals surface area contributed by atoms with Gasteiger partial charge in [0.1, 0.15) is 6.61 Å². The Kier molecular flexibility index (Phi) is 6.05. The molecule has 0 aliphatic heterocycles. The summed E-state index contributed by atoms with van der Waals surface area (Å²) in [6.07, 6.45) is 3.45. The van der Waals surface area contributed by atoms with Crippen LogP contribution in [0.2, 0.25) is 0 Å². The zero-order valence-electron chi connectivity index (χ0n) is 12.7. The molecular formula is C18H20N2O2. The third kappa shape index (κ3) is 4.66. The van der Waals surface area contributed by atoms with E-state index in [1.807, 2.05) is 55.5 Å². The van der Waals surface area contributed by atoms with Crippen molar-refractivity contribution in [3.8, 4) is 11.5 Å². The van der Waals surface area contributed by atoms with Crippen molar-refractivity contribution in [1.82, 2.24) is 0 Å². The summed E-state index contributed by atoms with van der Waals surface area (Å²) in [4.78, 5) is 0. The van der Waals surface area contributed by atoms with E-state index < -0.39 is 0 Å². The zero-order chi connectivity index (χ0) is 15.6. The fraction of sp³-hybridized carbons (Fsp3) is 0.167. The normalized spacial score (nSPS) is 10.4. The molecule has 0 unspecified atom stereocenters. The molecule has 4 nitrogen and oxygen atoms in total. The number of benzene rings is 2. The molecule has 1 N–H and O–H groups in total. The van der Waals surface area contributed by atoms with Gasteiger partial charge in [-0.1, -0.05) is 30.9 Å². The highest BCUT2D eigenvalue weighted by Crippen LogP contribution is 2.28. The smallest absolute Gasteiger partial charge is 0.161 e. The van der Waals surface area contributed by atoms with E-state index in [1.165, 1.54) is 0 Å². The van der Waals surface area contributed by atoms with Crippen molar-refractivity contribution in [2.24, 2.45) is 5.10 Å². The number of para-hydroxylation sites is 1. The molecule has 0 radical (unpaired) electrons. The van der Waals surface area contributed by atoms with E-state index in [2.05, 4.69) is 17.1 Å². The molecule has 2 rings (SSSR count). The minimum atomic E-state index is 0.447. The van der Waals surface area contributed by atoms with Crippen LogP contribution < -0.4 is 14.9 Å². The van der Waals surface area contributed by atoms with Crippen molar-refractivity contribution in [3.63, 3.8) is 0 Å². The zero-order valence-corrected chi connectivity index (χ0v) is 12.7.